The number of carbonyl (C=O) groups excluding carboxylic acids is 1. The van der Waals surface area contributed by atoms with Crippen LogP contribution in [-0.2, 0) is 4.74 Å². The van der Waals surface area contributed by atoms with Gasteiger partial charge in [0.1, 0.15) is 11.2 Å². The van der Waals surface area contributed by atoms with Crippen LogP contribution < -0.4 is 4.74 Å². The molecule has 0 aliphatic heterocycles. The van der Waals surface area contributed by atoms with Gasteiger partial charge < -0.3 is 9.47 Å². The Morgan fingerprint density at radius 1 is 1.18 bits per heavy atom. The van der Waals surface area contributed by atoms with Crippen molar-refractivity contribution in [3.8, 4) is 5.75 Å². The van der Waals surface area contributed by atoms with Crippen LogP contribution in [0.2, 0.25) is 0 Å². The smallest absolute Gasteiger partial charge is 0.342 e. The molecule has 0 fully saturated rings. The molecule has 0 bridgehead atoms. The monoisotopic (exact) mass is 238 g/mol. The minimum atomic E-state index is -0.547. The molecule has 0 radical (unpaired) electrons. The highest BCUT2D eigenvalue weighted by Crippen LogP contribution is 2.32. The van der Waals surface area contributed by atoms with E-state index >= 15 is 0 Å². The second-order valence-corrected chi connectivity index (χ2v) is 4.64. The third-order valence-corrected chi connectivity index (χ3v) is 2.12. The molecule has 0 spiro atoms. The van der Waals surface area contributed by atoms with Crippen LogP contribution in [0, 0.1) is 0 Å². The molecule has 17 heavy (non-hydrogen) atoms. The van der Waals surface area contributed by atoms with Crippen LogP contribution >= 0.6 is 0 Å². The molecule has 0 saturated carbocycles. The molecule has 5 nitrogen and oxygen atoms in total. The van der Waals surface area contributed by atoms with E-state index in [1.54, 1.807) is 32.9 Å². The first-order chi connectivity index (χ1) is 7.92. The van der Waals surface area contributed by atoms with Crippen LogP contribution in [0.1, 0.15) is 31.1 Å². The van der Waals surface area contributed by atoms with E-state index in [0.29, 0.717) is 22.5 Å². The average molecular weight is 238 g/mol. The van der Waals surface area contributed by atoms with Crippen LogP contribution in [0.3, 0.4) is 0 Å². The lowest BCUT2D eigenvalue weighted by molar-refractivity contribution is 0.00554. The fourth-order valence-electron chi connectivity index (χ4n) is 1.41. The number of ether oxygens (including phenoxy) is 2. The molecule has 2 rings (SSSR count). The summed E-state index contributed by atoms with van der Waals surface area (Å²) in [6.45, 7) is 5.41. The maximum Gasteiger partial charge on any atom is 0.342 e. The summed E-state index contributed by atoms with van der Waals surface area (Å²) in [4.78, 5) is 11.9. The second kappa shape index (κ2) is 3.84. The largest absolute Gasteiger partial charge is 0.493 e. The fraction of sp³-hybridized carbons (Fsp3) is 0.417. The Bertz CT molecular complexity index is 541. The minimum Gasteiger partial charge on any atom is -0.493 e. The molecule has 0 N–H and O–H groups in total. The zero-order valence-corrected chi connectivity index (χ0v) is 10.2. The lowest BCUT2D eigenvalue weighted by Gasteiger charge is -2.19. The summed E-state index contributed by atoms with van der Waals surface area (Å²) in [5.74, 6) is 0.0817. The zero-order valence-electron chi connectivity index (χ0n) is 10.2. The van der Waals surface area contributed by atoms with E-state index in [-0.39, 0.29) is 0 Å². The van der Waals surface area contributed by atoms with Crippen molar-refractivity contribution in [1.82, 2.24) is 0 Å². The third-order valence-electron chi connectivity index (χ3n) is 2.12. The predicted octanol–water partition coefficient (Wildman–Crippen LogP) is 2.99. The van der Waals surface area contributed by atoms with Gasteiger partial charge in [0, 0.05) is 0 Å². The van der Waals surface area contributed by atoms with Crippen molar-refractivity contribution in [2.45, 2.75) is 26.4 Å². The van der Waals surface area contributed by atoms with E-state index in [9.17, 15) is 4.79 Å². The van der Waals surface area contributed by atoms with Gasteiger partial charge in [-0.25, -0.2) is 4.79 Å². The molecule has 0 saturated heterocycles. The number of hydrogen-bond acceptors (Lipinski definition) is 5. The second-order valence-electron chi connectivity index (χ2n) is 4.64. The maximum atomic E-state index is 11.9. The van der Waals surface area contributed by atoms with E-state index in [2.05, 4.69) is 0 Å². The molecule has 0 unspecified atom stereocenters. The molecule has 0 atom stereocenters. The van der Waals surface area contributed by atoms with Crippen molar-refractivity contribution >= 4 is 17.1 Å². The average Bonchev–Trinajstić information content (AvgIpc) is 2.15. The summed E-state index contributed by atoms with van der Waals surface area (Å²) >= 11 is 0. The molecule has 2 aromatic rings. The maximum absolute atomic E-state index is 11.9. The highest BCUT2D eigenvalue weighted by Gasteiger charge is 2.25. The highest BCUT2D eigenvalue weighted by atomic mass is 17.0. The van der Waals surface area contributed by atoms with Crippen LogP contribution in [0.15, 0.2) is 21.3 Å². The van der Waals surface area contributed by atoms with Crippen molar-refractivity contribution < 1.29 is 23.4 Å². The van der Waals surface area contributed by atoms with Crippen LogP contribution in [-0.4, -0.2) is 18.7 Å². The van der Waals surface area contributed by atoms with E-state index in [1.807, 2.05) is 0 Å². The quantitative estimate of drug-likeness (QED) is 0.594. The minimum absolute atomic E-state index is 0.335. The van der Waals surface area contributed by atoms with Crippen LogP contribution in [0.25, 0.3) is 11.2 Å². The van der Waals surface area contributed by atoms with Gasteiger partial charge in [-0.2, -0.15) is 0 Å². The lowest BCUT2D eigenvalue weighted by atomic mass is 10.1. The first kappa shape index (κ1) is 11.6. The normalized spacial score (nSPS) is 11.8. The third kappa shape index (κ3) is 2.13. The molecule has 1 heterocycles. The van der Waals surface area contributed by atoms with Crippen LogP contribution in [0.5, 0.6) is 5.75 Å². The number of methoxy groups -OCH3 is 1. The van der Waals surface area contributed by atoms with Crippen molar-refractivity contribution in [3.05, 3.63) is 17.7 Å². The molecule has 5 heteroatoms. The van der Waals surface area contributed by atoms with Crippen molar-refractivity contribution in [3.63, 3.8) is 0 Å². The molecule has 0 aliphatic carbocycles. The van der Waals surface area contributed by atoms with E-state index in [1.165, 1.54) is 7.11 Å². The summed E-state index contributed by atoms with van der Waals surface area (Å²) in [5.41, 5.74) is 0.575. The van der Waals surface area contributed by atoms with E-state index in [4.69, 9.17) is 18.6 Å². The molecule has 92 valence electrons. The predicted molar refractivity (Wildman–Crippen MR) is 60.2 cm³/mol. The SMILES string of the molecule is COc1ccc(C(=O)OC(C)(C)C)c2ooc12. The van der Waals surface area contributed by atoms with Crippen molar-refractivity contribution in [2.24, 2.45) is 0 Å². The van der Waals surface area contributed by atoms with Gasteiger partial charge in [-0.1, -0.05) is 0 Å². The highest BCUT2D eigenvalue weighted by molar-refractivity contribution is 6.02. The topological polar surface area (TPSA) is 61.8 Å². The molecule has 0 aliphatic rings. The van der Waals surface area contributed by atoms with Gasteiger partial charge in [0.15, 0.2) is 5.75 Å². The van der Waals surface area contributed by atoms with Gasteiger partial charge in [-0.15, -0.1) is 0 Å². The molecular formula is C12H14O5. The Hall–Kier alpha value is -1.91. The number of rotatable bonds is 2. The van der Waals surface area contributed by atoms with Gasteiger partial charge >= 0.3 is 5.97 Å². The fourth-order valence-corrected chi connectivity index (χ4v) is 1.41. The number of benzene rings is 1. The summed E-state index contributed by atoms with van der Waals surface area (Å²) in [7, 11) is 1.52. The first-order valence-corrected chi connectivity index (χ1v) is 5.21. The Morgan fingerprint density at radius 2 is 1.82 bits per heavy atom. The van der Waals surface area contributed by atoms with Gasteiger partial charge in [-0.3, -0.25) is 9.15 Å². The summed E-state index contributed by atoms with van der Waals surface area (Å²) in [6, 6.07) is 3.23. The Labute approximate surface area is 98.2 Å². The molecular weight excluding hydrogens is 224 g/mol. The van der Waals surface area contributed by atoms with Gasteiger partial charge in [0.05, 0.1) is 7.11 Å². The Morgan fingerprint density at radius 3 is 2.29 bits per heavy atom. The Balaban J connectivity index is 2.35. The van der Waals surface area contributed by atoms with E-state index in [0.717, 1.165) is 0 Å². The first-order valence-electron chi connectivity index (χ1n) is 5.21. The zero-order chi connectivity index (χ0) is 12.6. The number of esters is 1. The standard InChI is InChI=1S/C12H14O5/c1-12(2,3)15-11(13)7-5-6-8(14-4)10-9(7)16-17-10/h5-6H,1-4H3. The number of fused-ring (bicyclic) bond motifs is 1. The van der Waals surface area contributed by atoms with Crippen molar-refractivity contribution in [1.29, 1.82) is 0 Å². The summed E-state index contributed by atoms with van der Waals surface area (Å²) in [6.07, 6.45) is 0. The number of carbonyl (C=O) groups is 1. The van der Waals surface area contributed by atoms with Gasteiger partial charge in [0.25, 0.3) is 5.58 Å². The van der Waals surface area contributed by atoms with Gasteiger partial charge in [0.2, 0.25) is 5.58 Å². The Kier molecular flexibility index (Phi) is 2.61. The molecule has 1 aromatic carbocycles. The van der Waals surface area contributed by atoms with Crippen molar-refractivity contribution in [2.75, 3.05) is 7.11 Å². The molecule has 0 amide bonds. The van der Waals surface area contributed by atoms with Crippen LogP contribution in [0.4, 0.5) is 0 Å². The van der Waals surface area contributed by atoms with Gasteiger partial charge in [-0.05, 0) is 32.9 Å². The lowest BCUT2D eigenvalue weighted by Crippen LogP contribution is -2.24. The number of hydrogen-bond donors (Lipinski definition) is 0. The summed E-state index contributed by atoms with van der Waals surface area (Å²) < 4.78 is 19.9. The van der Waals surface area contributed by atoms with E-state index < -0.39 is 11.6 Å². The summed E-state index contributed by atoms with van der Waals surface area (Å²) in [5, 5.41) is 0. The molecule has 1 aromatic heterocycles.